The van der Waals surface area contributed by atoms with E-state index in [1.165, 1.54) is 4.31 Å². The first kappa shape index (κ1) is 14.7. The quantitative estimate of drug-likeness (QED) is 0.730. The summed E-state index contributed by atoms with van der Waals surface area (Å²) in [5.74, 6) is 0. The minimum Gasteiger partial charge on any atom is -0.379 e. The second-order valence-electron chi connectivity index (χ2n) is 5.12. The molecule has 2 fully saturated rings. The Balaban J connectivity index is 2.07. The number of ether oxygens (including phenoxy) is 1. The van der Waals surface area contributed by atoms with Crippen molar-refractivity contribution in [1.29, 1.82) is 5.26 Å². The van der Waals surface area contributed by atoms with E-state index < -0.39 is 15.7 Å². The van der Waals surface area contributed by atoms with Crippen molar-refractivity contribution in [3.63, 3.8) is 0 Å². The van der Waals surface area contributed by atoms with E-state index in [-0.39, 0.29) is 0 Å². The third-order valence-electron chi connectivity index (χ3n) is 3.69. The van der Waals surface area contributed by atoms with Crippen molar-refractivity contribution in [3.05, 3.63) is 0 Å². The van der Waals surface area contributed by atoms with Gasteiger partial charge in [-0.15, -0.1) is 0 Å². The zero-order chi connectivity index (χ0) is 13.9. The lowest BCUT2D eigenvalue weighted by Gasteiger charge is -2.37. The van der Waals surface area contributed by atoms with Gasteiger partial charge in [-0.05, 0) is 19.9 Å². The van der Waals surface area contributed by atoms with Gasteiger partial charge >= 0.3 is 0 Å². The number of likely N-dealkylation sites (tertiary alicyclic amines) is 1. The summed E-state index contributed by atoms with van der Waals surface area (Å²) in [7, 11) is -1.64. The zero-order valence-electron chi connectivity index (χ0n) is 11.1. The summed E-state index contributed by atoms with van der Waals surface area (Å²) < 4.78 is 33.7. The number of rotatable bonds is 3. The smallest absolute Gasteiger partial charge is 0.280 e. The van der Waals surface area contributed by atoms with Gasteiger partial charge in [0, 0.05) is 26.2 Å². The first-order valence-electron chi connectivity index (χ1n) is 6.44. The van der Waals surface area contributed by atoms with Crippen LogP contribution in [0.25, 0.3) is 0 Å². The average Bonchev–Trinajstić information content (AvgIpc) is 2.42. The Labute approximate surface area is 114 Å². The predicted octanol–water partition coefficient (Wildman–Crippen LogP) is -0.859. The molecule has 108 valence electrons. The molecule has 0 radical (unpaired) electrons. The highest BCUT2D eigenvalue weighted by Gasteiger charge is 2.39. The Kier molecular flexibility index (Phi) is 4.43. The number of piperidine rings is 1. The standard InChI is InChI=1S/C11H20N4O3S/c1-14-4-2-11(10-12,3-5-14)13-19(16,17)15-6-8-18-9-7-15/h13H,2-9H2,1H3. The molecule has 2 heterocycles. The van der Waals surface area contributed by atoms with Gasteiger partial charge in [0.15, 0.2) is 0 Å². The van der Waals surface area contributed by atoms with Gasteiger partial charge in [-0.3, -0.25) is 0 Å². The third kappa shape index (κ3) is 3.43. The molecule has 1 N–H and O–H groups in total. The zero-order valence-corrected chi connectivity index (χ0v) is 11.9. The molecule has 8 heteroatoms. The van der Waals surface area contributed by atoms with Gasteiger partial charge in [0.05, 0.1) is 19.3 Å². The van der Waals surface area contributed by atoms with Crippen molar-refractivity contribution < 1.29 is 13.2 Å². The van der Waals surface area contributed by atoms with Crippen molar-refractivity contribution >= 4 is 10.2 Å². The van der Waals surface area contributed by atoms with Crippen LogP contribution in [0.5, 0.6) is 0 Å². The Morgan fingerprint density at radius 1 is 1.21 bits per heavy atom. The highest BCUT2D eigenvalue weighted by Crippen LogP contribution is 2.22. The van der Waals surface area contributed by atoms with Crippen LogP contribution in [0, 0.1) is 11.3 Å². The number of hydrogen-bond donors (Lipinski definition) is 1. The molecule has 0 unspecified atom stereocenters. The van der Waals surface area contributed by atoms with Gasteiger partial charge < -0.3 is 9.64 Å². The van der Waals surface area contributed by atoms with Gasteiger partial charge in [-0.2, -0.15) is 22.7 Å². The van der Waals surface area contributed by atoms with E-state index in [0.29, 0.717) is 39.1 Å². The van der Waals surface area contributed by atoms with E-state index in [9.17, 15) is 13.7 Å². The maximum Gasteiger partial charge on any atom is 0.280 e. The number of nitriles is 1. The number of nitrogens with one attached hydrogen (secondary N) is 1. The first-order chi connectivity index (χ1) is 8.97. The summed E-state index contributed by atoms with van der Waals surface area (Å²) in [6.07, 6.45) is 1.03. The molecular weight excluding hydrogens is 268 g/mol. The van der Waals surface area contributed by atoms with Crippen LogP contribution in [0.2, 0.25) is 0 Å². The Morgan fingerprint density at radius 3 is 2.32 bits per heavy atom. The molecule has 0 amide bonds. The highest BCUT2D eigenvalue weighted by molar-refractivity contribution is 7.87. The first-order valence-corrected chi connectivity index (χ1v) is 7.88. The molecule has 0 atom stereocenters. The Bertz CT molecular complexity index is 445. The lowest BCUT2D eigenvalue weighted by Crippen LogP contribution is -2.58. The Hall–Kier alpha value is -0.720. The van der Waals surface area contributed by atoms with Crippen molar-refractivity contribution in [1.82, 2.24) is 13.9 Å². The van der Waals surface area contributed by atoms with Crippen LogP contribution in [0.4, 0.5) is 0 Å². The summed E-state index contributed by atoms with van der Waals surface area (Å²) in [6.45, 7) is 2.94. The lowest BCUT2D eigenvalue weighted by atomic mass is 9.91. The predicted molar refractivity (Wildman–Crippen MR) is 69.5 cm³/mol. The van der Waals surface area contributed by atoms with Gasteiger partial charge in [0.1, 0.15) is 5.54 Å². The van der Waals surface area contributed by atoms with Crippen LogP contribution in [0.1, 0.15) is 12.8 Å². The molecule has 2 aliphatic rings. The van der Waals surface area contributed by atoms with Gasteiger partial charge in [-0.25, -0.2) is 0 Å². The normalized spacial score (nSPS) is 25.9. The maximum atomic E-state index is 12.3. The second kappa shape index (κ2) is 5.73. The van der Waals surface area contributed by atoms with Crippen LogP contribution in [0.3, 0.4) is 0 Å². The van der Waals surface area contributed by atoms with Crippen molar-refractivity contribution in [2.24, 2.45) is 0 Å². The molecule has 0 aromatic heterocycles. The fourth-order valence-electron chi connectivity index (χ4n) is 2.34. The molecule has 0 saturated carbocycles. The molecule has 2 rings (SSSR count). The largest absolute Gasteiger partial charge is 0.379 e. The van der Waals surface area contributed by atoms with E-state index in [0.717, 1.165) is 13.1 Å². The monoisotopic (exact) mass is 288 g/mol. The number of hydrogen-bond acceptors (Lipinski definition) is 5. The van der Waals surface area contributed by atoms with Crippen LogP contribution >= 0.6 is 0 Å². The van der Waals surface area contributed by atoms with Crippen molar-refractivity contribution in [2.75, 3.05) is 46.4 Å². The minimum atomic E-state index is -3.61. The molecule has 0 aromatic carbocycles. The van der Waals surface area contributed by atoms with Gasteiger partial charge in [0.25, 0.3) is 10.2 Å². The fraction of sp³-hybridized carbons (Fsp3) is 0.909. The SMILES string of the molecule is CN1CCC(C#N)(NS(=O)(=O)N2CCOCC2)CC1. The molecule has 0 aliphatic carbocycles. The van der Waals surface area contributed by atoms with E-state index in [4.69, 9.17) is 4.74 Å². The Morgan fingerprint density at radius 2 is 1.79 bits per heavy atom. The highest BCUT2D eigenvalue weighted by atomic mass is 32.2. The molecular formula is C11H20N4O3S. The van der Waals surface area contributed by atoms with Crippen molar-refractivity contribution in [2.45, 2.75) is 18.4 Å². The minimum absolute atomic E-state index is 0.344. The molecule has 0 spiro atoms. The molecule has 0 aromatic rings. The van der Waals surface area contributed by atoms with Crippen LogP contribution < -0.4 is 4.72 Å². The fourth-order valence-corrected chi connectivity index (χ4v) is 3.84. The molecule has 7 nitrogen and oxygen atoms in total. The maximum absolute atomic E-state index is 12.3. The summed E-state index contributed by atoms with van der Waals surface area (Å²) in [4.78, 5) is 2.10. The van der Waals surface area contributed by atoms with E-state index >= 15 is 0 Å². The summed E-state index contributed by atoms with van der Waals surface area (Å²) >= 11 is 0. The third-order valence-corrected chi connectivity index (χ3v) is 5.38. The van der Waals surface area contributed by atoms with Crippen LogP contribution in [-0.2, 0) is 14.9 Å². The number of nitrogens with zero attached hydrogens (tertiary/aromatic N) is 3. The van der Waals surface area contributed by atoms with Crippen LogP contribution in [-0.4, -0.2) is 69.6 Å². The van der Waals surface area contributed by atoms with Gasteiger partial charge in [-0.1, -0.05) is 0 Å². The van der Waals surface area contributed by atoms with E-state index in [1.807, 2.05) is 7.05 Å². The molecule has 2 saturated heterocycles. The van der Waals surface area contributed by atoms with E-state index in [2.05, 4.69) is 15.7 Å². The molecule has 0 bridgehead atoms. The molecule has 19 heavy (non-hydrogen) atoms. The van der Waals surface area contributed by atoms with E-state index in [1.54, 1.807) is 0 Å². The number of morpholine rings is 1. The summed E-state index contributed by atoms with van der Waals surface area (Å²) in [6, 6.07) is 2.16. The molecule has 2 aliphatic heterocycles. The van der Waals surface area contributed by atoms with Gasteiger partial charge in [0.2, 0.25) is 0 Å². The lowest BCUT2D eigenvalue weighted by molar-refractivity contribution is 0.0717. The summed E-state index contributed by atoms with van der Waals surface area (Å²) in [5.41, 5.74) is -0.969. The average molecular weight is 288 g/mol. The van der Waals surface area contributed by atoms with Crippen molar-refractivity contribution in [3.8, 4) is 6.07 Å². The van der Waals surface area contributed by atoms with Crippen LogP contribution in [0.15, 0.2) is 0 Å². The second-order valence-corrected chi connectivity index (χ2v) is 6.79. The summed E-state index contributed by atoms with van der Waals surface area (Å²) in [5, 5.41) is 9.35. The topological polar surface area (TPSA) is 85.7 Å².